The molecule has 0 saturated heterocycles. The van der Waals surface area contributed by atoms with E-state index in [0.717, 1.165) is 12.5 Å². The number of anilines is 1. The number of carbonyl (C=O) groups is 2. The number of benzene rings is 1. The molecule has 6 heteroatoms. The molecule has 0 aliphatic rings. The first-order valence-electron chi connectivity index (χ1n) is 5.65. The Kier molecular flexibility index (Phi) is 5.10. The summed E-state index contributed by atoms with van der Waals surface area (Å²) in [5.41, 5.74) is 0.259. The van der Waals surface area contributed by atoms with Crippen molar-refractivity contribution < 1.29 is 14.0 Å². The summed E-state index contributed by atoms with van der Waals surface area (Å²) in [6.45, 7) is 2.48. The van der Waals surface area contributed by atoms with Crippen LogP contribution in [0.25, 0.3) is 0 Å². The average molecular weight is 253 g/mol. The van der Waals surface area contributed by atoms with Crippen molar-refractivity contribution in [1.82, 2.24) is 10.6 Å². The van der Waals surface area contributed by atoms with Gasteiger partial charge in [-0.1, -0.05) is 6.92 Å². The molecule has 1 aromatic carbocycles. The van der Waals surface area contributed by atoms with E-state index in [0.29, 0.717) is 12.2 Å². The summed E-state index contributed by atoms with van der Waals surface area (Å²) >= 11 is 0. The highest BCUT2D eigenvalue weighted by Crippen LogP contribution is 2.14. The van der Waals surface area contributed by atoms with Crippen LogP contribution in [0.15, 0.2) is 18.2 Å². The summed E-state index contributed by atoms with van der Waals surface area (Å²) in [6.07, 6.45) is 0.820. The standard InChI is InChI=1S/C12H16FN3O2/c1-3-6-15-12(18)16-8-4-5-10(13)9(7-8)11(17)14-2/h4-5,7H,3,6H2,1-2H3,(H,14,17)(H2,15,16,18). The first kappa shape index (κ1) is 14.0. The van der Waals surface area contributed by atoms with Crippen molar-refractivity contribution in [1.29, 1.82) is 0 Å². The van der Waals surface area contributed by atoms with Gasteiger partial charge in [-0.2, -0.15) is 0 Å². The summed E-state index contributed by atoms with van der Waals surface area (Å²) in [4.78, 5) is 22.8. The topological polar surface area (TPSA) is 70.2 Å². The van der Waals surface area contributed by atoms with E-state index in [1.165, 1.54) is 19.2 Å². The fourth-order valence-corrected chi connectivity index (χ4v) is 1.33. The van der Waals surface area contributed by atoms with Crippen LogP contribution in [0.3, 0.4) is 0 Å². The van der Waals surface area contributed by atoms with Gasteiger partial charge >= 0.3 is 6.03 Å². The Morgan fingerprint density at radius 1 is 1.33 bits per heavy atom. The minimum Gasteiger partial charge on any atom is -0.355 e. The van der Waals surface area contributed by atoms with Gasteiger partial charge in [0.2, 0.25) is 0 Å². The van der Waals surface area contributed by atoms with E-state index in [1.54, 1.807) is 0 Å². The maximum atomic E-state index is 13.4. The minimum absolute atomic E-state index is 0.106. The van der Waals surface area contributed by atoms with Crippen LogP contribution in [0.4, 0.5) is 14.9 Å². The number of halogens is 1. The quantitative estimate of drug-likeness (QED) is 0.764. The van der Waals surface area contributed by atoms with Crippen molar-refractivity contribution in [3.63, 3.8) is 0 Å². The summed E-state index contributed by atoms with van der Waals surface area (Å²) in [5.74, 6) is -1.17. The molecule has 3 amide bonds. The van der Waals surface area contributed by atoms with Gasteiger partial charge in [0.1, 0.15) is 5.82 Å². The second kappa shape index (κ2) is 6.58. The van der Waals surface area contributed by atoms with Gasteiger partial charge < -0.3 is 16.0 Å². The van der Waals surface area contributed by atoms with Crippen LogP contribution in [0.1, 0.15) is 23.7 Å². The first-order chi connectivity index (χ1) is 8.58. The highest BCUT2D eigenvalue weighted by atomic mass is 19.1. The zero-order valence-electron chi connectivity index (χ0n) is 10.3. The third kappa shape index (κ3) is 3.73. The maximum Gasteiger partial charge on any atom is 0.319 e. The zero-order valence-corrected chi connectivity index (χ0v) is 10.3. The largest absolute Gasteiger partial charge is 0.355 e. The Morgan fingerprint density at radius 2 is 2.06 bits per heavy atom. The minimum atomic E-state index is -0.631. The molecule has 0 saturated carbocycles. The Hall–Kier alpha value is -2.11. The van der Waals surface area contributed by atoms with E-state index in [-0.39, 0.29) is 11.6 Å². The lowest BCUT2D eigenvalue weighted by atomic mass is 10.1. The SMILES string of the molecule is CCCNC(=O)Nc1ccc(F)c(C(=O)NC)c1. The van der Waals surface area contributed by atoms with E-state index in [9.17, 15) is 14.0 Å². The van der Waals surface area contributed by atoms with Crippen molar-refractivity contribution >= 4 is 17.6 Å². The molecule has 0 aliphatic heterocycles. The van der Waals surface area contributed by atoms with Crippen LogP contribution in [0.2, 0.25) is 0 Å². The third-order valence-electron chi connectivity index (χ3n) is 2.23. The molecular weight excluding hydrogens is 237 g/mol. The number of amides is 3. The van der Waals surface area contributed by atoms with E-state index in [1.807, 2.05) is 6.92 Å². The van der Waals surface area contributed by atoms with Gasteiger partial charge in [0.05, 0.1) is 5.56 Å². The van der Waals surface area contributed by atoms with Gasteiger partial charge in [-0.25, -0.2) is 9.18 Å². The Labute approximate surface area is 105 Å². The molecule has 0 atom stereocenters. The van der Waals surface area contributed by atoms with Crippen LogP contribution in [-0.4, -0.2) is 25.5 Å². The highest BCUT2D eigenvalue weighted by molar-refractivity contribution is 5.96. The molecule has 0 unspecified atom stereocenters. The molecule has 5 nitrogen and oxygen atoms in total. The summed E-state index contributed by atoms with van der Waals surface area (Å²) in [7, 11) is 1.41. The lowest BCUT2D eigenvalue weighted by molar-refractivity contribution is 0.0959. The van der Waals surface area contributed by atoms with Crippen molar-refractivity contribution in [3.05, 3.63) is 29.6 Å². The number of carbonyl (C=O) groups excluding carboxylic acids is 2. The average Bonchev–Trinajstić information content (AvgIpc) is 2.37. The first-order valence-corrected chi connectivity index (χ1v) is 5.65. The van der Waals surface area contributed by atoms with Gasteiger partial charge in [0.15, 0.2) is 0 Å². The molecule has 0 heterocycles. The zero-order chi connectivity index (χ0) is 13.5. The lowest BCUT2D eigenvalue weighted by Crippen LogP contribution is -2.29. The summed E-state index contributed by atoms with van der Waals surface area (Å²) in [6, 6.07) is 3.44. The Balaban J connectivity index is 2.79. The fraction of sp³-hybridized carbons (Fsp3) is 0.333. The molecule has 0 radical (unpaired) electrons. The Bertz CT molecular complexity index is 449. The third-order valence-corrected chi connectivity index (χ3v) is 2.23. The van der Waals surface area contributed by atoms with Crippen LogP contribution in [0, 0.1) is 5.82 Å². The van der Waals surface area contributed by atoms with Gasteiger partial charge in [-0.05, 0) is 24.6 Å². The van der Waals surface area contributed by atoms with Crippen LogP contribution in [0.5, 0.6) is 0 Å². The number of urea groups is 1. The molecule has 0 aliphatic carbocycles. The fourth-order valence-electron chi connectivity index (χ4n) is 1.33. The van der Waals surface area contributed by atoms with Gasteiger partial charge in [-0.3, -0.25) is 4.79 Å². The number of rotatable bonds is 4. The van der Waals surface area contributed by atoms with Crippen molar-refractivity contribution in [2.24, 2.45) is 0 Å². The van der Waals surface area contributed by atoms with Crippen molar-refractivity contribution in [2.45, 2.75) is 13.3 Å². The van der Waals surface area contributed by atoms with Gasteiger partial charge in [0.25, 0.3) is 5.91 Å². The predicted octanol–water partition coefficient (Wildman–Crippen LogP) is 1.72. The van der Waals surface area contributed by atoms with Crippen LogP contribution >= 0.6 is 0 Å². The van der Waals surface area contributed by atoms with Gasteiger partial charge in [0, 0.05) is 19.3 Å². The maximum absolute atomic E-state index is 13.4. The van der Waals surface area contributed by atoms with Crippen molar-refractivity contribution in [3.8, 4) is 0 Å². The van der Waals surface area contributed by atoms with Crippen LogP contribution < -0.4 is 16.0 Å². The predicted molar refractivity (Wildman–Crippen MR) is 67.1 cm³/mol. The van der Waals surface area contributed by atoms with Gasteiger partial charge in [-0.15, -0.1) is 0 Å². The lowest BCUT2D eigenvalue weighted by Gasteiger charge is -2.08. The molecule has 0 fully saturated rings. The molecular formula is C12H16FN3O2. The monoisotopic (exact) mass is 253 g/mol. The van der Waals surface area contributed by atoms with E-state index in [2.05, 4.69) is 16.0 Å². The Morgan fingerprint density at radius 3 is 2.67 bits per heavy atom. The second-order valence-corrected chi connectivity index (χ2v) is 3.65. The van der Waals surface area contributed by atoms with Crippen molar-refractivity contribution in [2.75, 3.05) is 18.9 Å². The number of hydrogen-bond donors (Lipinski definition) is 3. The summed E-state index contributed by atoms with van der Waals surface area (Å²) < 4.78 is 13.4. The molecule has 0 aromatic heterocycles. The smallest absolute Gasteiger partial charge is 0.319 e. The van der Waals surface area contributed by atoms with Crippen LogP contribution in [-0.2, 0) is 0 Å². The number of nitrogens with one attached hydrogen (secondary N) is 3. The number of hydrogen-bond acceptors (Lipinski definition) is 2. The van der Waals surface area contributed by atoms with E-state index in [4.69, 9.17) is 0 Å². The molecule has 1 rings (SSSR count). The molecule has 98 valence electrons. The molecule has 1 aromatic rings. The second-order valence-electron chi connectivity index (χ2n) is 3.65. The molecule has 0 spiro atoms. The summed E-state index contributed by atoms with van der Waals surface area (Å²) in [5, 5.41) is 7.47. The van der Waals surface area contributed by atoms with E-state index < -0.39 is 11.7 Å². The normalized spacial score (nSPS) is 9.72. The van der Waals surface area contributed by atoms with E-state index >= 15 is 0 Å². The molecule has 18 heavy (non-hydrogen) atoms. The highest BCUT2D eigenvalue weighted by Gasteiger charge is 2.11. The molecule has 3 N–H and O–H groups in total. The molecule has 0 bridgehead atoms.